The Morgan fingerprint density at radius 1 is 0.906 bits per heavy atom. The number of para-hydroxylation sites is 4. The molecule has 0 N–H and O–H groups in total. The van der Waals surface area contributed by atoms with E-state index in [9.17, 15) is 9.59 Å². The Hall–Kier alpha value is -3.93. The van der Waals surface area contributed by atoms with E-state index in [2.05, 4.69) is 4.57 Å². The number of carbonyl (C=O) groups excluding carboxylic acids is 2. The smallest absolute Gasteiger partial charge is 0.306 e. The second kappa shape index (κ2) is 8.67. The molecule has 1 aromatic heterocycles. The van der Waals surface area contributed by atoms with Crippen LogP contribution in [0.25, 0.3) is 16.7 Å². The molecule has 1 aliphatic rings. The molecule has 0 aliphatic carbocycles. The molecule has 0 atom stereocenters. The number of aromatic nitrogens is 2. The lowest BCUT2D eigenvalue weighted by molar-refractivity contribution is -0.147. The van der Waals surface area contributed by atoms with Gasteiger partial charge in [0.2, 0.25) is 0 Å². The highest BCUT2D eigenvalue weighted by Crippen LogP contribution is 2.27. The van der Waals surface area contributed by atoms with E-state index in [4.69, 9.17) is 9.72 Å². The molecule has 4 aromatic rings. The number of carbonyl (C=O) groups is 2. The van der Waals surface area contributed by atoms with Crippen LogP contribution >= 0.6 is 0 Å². The lowest BCUT2D eigenvalue weighted by Crippen LogP contribution is -2.33. The number of aryl methyl sites for hydroxylation is 1. The van der Waals surface area contributed by atoms with E-state index in [-0.39, 0.29) is 18.9 Å². The predicted molar refractivity (Wildman–Crippen MR) is 123 cm³/mol. The Bertz CT molecular complexity index is 1280. The van der Waals surface area contributed by atoms with Gasteiger partial charge in [-0.1, -0.05) is 48.5 Å². The van der Waals surface area contributed by atoms with Gasteiger partial charge in [0, 0.05) is 24.3 Å². The van der Waals surface area contributed by atoms with Gasteiger partial charge in [0.15, 0.2) is 6.61 Å². The predicted octanol–water partition coefficient (Wildman–Crippen LogP) is 4.09. The number of esters is 1. The van der Waals surface area contributed by atoms with Crippen LogP contribution in [-0.4, -0.2) is 34.6 Å². The molecule has 0 saturated heterocycles. The number of hydrogen-bond acceptors (Lipinski definition) is 4. The van der Waals surface area contributed by atoms with Gasteiger partial charge in [-0.2, -0.15) is 0 Å². The van der Waals surface area contributed by atoms with Crippen molar-refractivity contribution in [3.8, 4) is 5.69 Å². The topological polar surface area (TPSA) is 64.4 Å². The van der Waals surface area contributed by atoms with Crippen LogP contribution in [0.5, 0.6) is 0 Å². The number of amides is 1. The zero-order chi connectivity index (χ0) is 21.9. The van der Waals surface area contributed by atoms with Crippen LogP contribution in [0.1, 0.15) is 17.8 Å². The van der Waals surface area contributed by atoms with Crippen molar-refractivity contribution in [3.63, 3.8) is 0 Å². The lowest BCUT2D eigenvalue weighted by Gasteiger charge is -2.17. The number of anilines is 1. The number of hydrogen-bond donors (Lipinski definition) is 0. The molecule has 0 unspecified atom stereocenters. The maximum Gasteiger partial charge on any atom is 0.306 e. The third-order valence-corrected chi connectivity index (χ3v) is 5.74. The standard InChI is InChI=1S/C26H23N3O3/c30-25(28-17-16-19-8-4-6-12-22(19)28)18-32-26(31)15-14-24-27-21-11-5-7-13-23(21)29(24)20-9-2-1-3-10-20/h1-13H,14-18H2. The van der Waals surface area contributed by atoms with Gasteiger partial charge in [0.25, 0.3) is 5.91 Å². The van der Waals surface area contributed by atoms with Crippen LogP contribution in [0.4, 0.5) is 5.69 Å². The molecule has 160 valence electrons. The van der Waals surface area contributed by atoms with E-state index in [0.29, 0.717) is 13.0 Å². The number of fused-ring (bicyclic) bond motifs is 2. The van der Waals surface area contributed by atoms with Gasteiger partial charge in [0.05, 0.1) is 17.5 Å². The van der Waals surface area contributed by atoms with Crippen LogP contribution in [0.2, 0.25) is 0 Å². The molecule has 0 bridgehead atoms. The third kappa shape index (κ3) is 3.87. The Morgan fingerprint density at radius 3 is 2.53 bits per heavy atom. The van der Waals surface area contributed by atoms with Crippen LogP contribution < -0.4 is 4.90 Å². The van der Waals surface area contributed by atoms with Gasteiger partial charge < -0.3 is 9.64 Å². The van der Waals surface area contributed by atoms with Gasteiger partial charge in [-0.25, -0.2) is 4.98 Å². The van der Waals surface area contributed by atoms with E-state index in [1.165, 1.54) is 0 Å². The summed E-state index contributed by atoms with van der Waals surface area (Å²) in [4.78, 5) is 31.4. The summed E-state index contributed by atoms with van der Waals surface area (Å²) in [7, 11) is 0. The maximum absolute atomic E-state index is 12.6. The molecule has 6 heteroatoms. The lowest BCUT2D eigenvalue weighted by atomic mass is 10.2. The minimum Gasteiger partial charge on any atom is -0.456 e. The van der Waals surface area contributed by atoms with Crippen molar-refractivity contribution in [2.45, 2.75) is 19.3 Å². The largest absolute Gasteiger partial charge is 0.456 e. The van der Waals surface area contributed by atoms with Crippen molar-refractivity contribution in [1.82, 2.24) is 9.55 Å². The minimum absolute atomic E-state index is 0.153. The number of benzene rings is 3. The number of imidazole rings is 1. The van der Waals surface area contributed by atoms with Crippen LogP contribution in [0, 0.1) is 0 Å². The molecule has 6 nitrogen and oxygen atoms in total. The van der Waals surface area contributed by atoms with Crippen LogP contribution in [0.15, 0.2) is 78.9 Å². The summed E-state index contributed by atoms with van der Waals surface area (Å²) < 4.78 is 7.37. The fourth-order valence-corrected chi connectivity index (χ4v) is 4.21. The second-order valence-electron chi connectivity index (χ2n) is 7.77. The van der Waals surface area contributed by atoms with Crippen molar-refractivity contribution in [3.05, 3.63) is 90.3 Å². The van der Waals surface area contributed by atoms with E-state index in [1.54, 1.807) is 4.90 Å². The summed E-state index contributed by atoms with van der Waals surface area (Å²) in [6.45, 7) is 0.374. The summed E-state index contributed by atoms with van der Waals surface area (Å²) in [6, 6.07) is 25.7. The molecule has 0 spiro atoms. The SMILES string of the molecule is O=C(CCc1nc2ccccc2n1-c1ccccc1)OCC(=O)N1CCc2ccccc21. The molecule has 1 amide bonds. The second-order valence-corrected chi connectivity index (χ2v) is 7.77. The molecular weight excluding hydrogens is 402 g/mol. The van der Waals surface area contributed by atoms with Gasteiger partial charge in [0.1, 0.15) is 5.82 Å². The third-order valence-electron chi connectivity index (χ3n) is 5.74. The molecule has 3 aromatic carbocycles. The Kier molecular flexibility index (Phi) is 5.42. The highest BCUT2D eigenvalue weighted by Gasteiger charge is 2.25. The Balaban J connectivity index is 1.25. The number of ether oxygens (including phenoxy) is 1. The first-order valence-corrected chi connectivity index (χ1v) is 10.8. The highest BCUT2D eigenvalue weighted by atomic mass is 16.5. The summed E-state index contributed by atoms with van der Waals surface area (Å²) in [5.74, 6) is 0.187. The summed E-state index contributed by atoms with van der Waals surface area (Å²) >= 11 is 0. The van der Waals surface area contributed by atoms with E-state index in [0.717, 1.165) is 40.2 Å². The van der Waals surface area contributed by atoms with Crippen molar-refractivity contribution in [1.29, 1.82) is 0 Å². The number of nitrogens with zero attached hydrogens (tertiary/aromatic N) is 3. The molecular formula is C26H23N3O3. The molecule has 5 rings (SSSR count). The van der Waals surface area contributed by atoms with Crippen molar-refractivity contribution in [2.24, 2.45) is 0 Å². The van der Waals surface area contributed by atoms with E-state index >= 15 is 0 Å². The summed E-state index contributed by atoms with van der Waals surface area (Å²) in [5, 5.41) is 0. The molecule has 0 radical (unpaired) electrons. The van der Waals surface area contributed by atoms with Gasteiger partial charge in [-0.3, -0.25) is 14.2 Å². The van der Waals surface area contributed by atoms with Crippen molar-refractivity contribution < 1.29 is 14.3 Å². The quantitative estimate of drug-likeness (QED) is 0.437. The van der Waals surface area contributed by atoms with Crippen LogP contribution in [0.3, 0.4) is 0 Å². The zero-order valence-corrected chi connectivity index (χ0v) is 17.6. The normalized spacial score (nSPS) is 12.7. The summed E-state index contributed by atoms with van der Waals surface area (Å²) in [5.41, 5.74) is 4.91. The van der Waals surface area contributed by atoms with Gasteiger partial charge in [-0.05, 0) is 42.3 Å². The monoisotopic (exact) mass is 425 g/mol. The fraction of sp³-hybridized carbons (Fsp3) is 0.192. The van der Waals surface area contributed by atoms with Crippen molar-refractivity contribution in [2.75, 3.05) is 18.1 Å². The molecule has 1 aliphatic heterocycles. The van der Waals surface area contributed by atoms with Crippen molar-refractivity contribution >= 4 is 28.6 Å². The van der Waals surface area contributed by atoms with E-state index in [1.807, 2.05) is 78.9 Å². The maximum atomic E-state index is 12.6. The molecule has 0 fully saturated rings. The first-order valence-electron chi connectivity index (χ1n) is 10.8. The van der Waals surface area contributed by atoms with Gasteiger partial charge in [-0.15, -0.1) is 0 Å². The summed E-state index contributed by atoms with van der Waals surface area (Å²) in [6.07, 6.45) is 1.40. The average molecular weight is 425 g/mol. The molecule has 32 heavy (non-hydrogen) atoms. The van der Waals surface area contributed by atoms with E-state index < -0.39 is 5.97 Å². The molecule has 0 saturated carbocycles. The zero-order valence-electron chi connectivity index (χ0n) is 17.6. The fourth-order valence-electron chi connectivity index (χ4n) is 4.21. The highest BCUT2D eigenvalue weighted by molar-refractivity contribution is 5.97. The minimum atomic E-state index is -0.405. The average Bonchev–Trinajstić information content (AvgIpc) is 3.43. The first kappa shape index (κ1) is 20.0. The van der Waals surface area contributed by atoms with Gasteiger partial charge >= 0.3 is 5.97 Å². The molecule has 2 heterocycles. The number of rotatable bonds is 6. The first-order chi connectivity index (χ1) is 15.7. The van der Waals surface area contributed by atoms with Crippen LogP contribution in [-0.2, 0) is 27.2 Å². The Labute approximate surface area is 186 Å². The Morgan fingerprint density at radius 2 is 1.66 bits per heavy atom.